The molecule has 2 heterocycles. The fourth-order valence-electron chi connectivity index (χ4n) is 3.64. The number of likely N-dealkylation sites (tertiary alicyclic amines) is 1. The molecule has 104 valence electrons. The average Bonchev–Trinajstić information content (AvgIpc) is 3.11. The normalized spacial score (nSPS) is 24.3. The number of aromatic nitrogens is 2. The summed E-state index contributed by atoms with van der Waals surface area (Å²) in [5, 5.41) is 4.08. The summed E-state index contributed by atoms with van der Waals surface area (Å²) in [6.45, 7) is 0.869. The Kier molecular flexibility index (Phi) is 3.21. The van der Waals surface area contributed by atoms with E-state index in [-0.39, 0.29) is 5.91 Å². The van der Waals surface area contributed by atoms with Gasteiger partial charge in [0.05, 0.1) is 6.20 Å². The third-order valence-corrected chi connectivity index (χ3v) is 4.72. The SMILES string of the molecule is Cn1ncc(C(=O)N2CCCC2C2CCCC2)c1N. The van der Waals surface area contributed by atoms with Crippen molar-refractivity contribution in [1.82, 2.24) is 14.7 Å². The van der Waals surface area contributed by atoms with Crippen LogP contribution in [-0.4, -0.2) is 33.2 Å². The quantitative estimate of drug-likeness (QED) is 0.884. The third-order valence-electron chi connectivity index (χ3n) is 4.72. The van der Waals surface area contributed by atoms with Gasteiger partial charge in [-0.2, -0.15) is 5.10 Å². The number of anilines is 1. The molecule has 1 aliphatic carbocycles. The number of aryl methyl sites for hydroxylation is 1. The highest BCUT2D eigenvalue weighted by atomic mass is 16.2. The maximum Gasteiger partial charge on any atom is 0.259 e. The van der Waals surface area contributed by atoms with E-state index >= 15 is 0 Å². The fourth-order valence-corrected chi connectivity index (χ4v) is 3.64. The van der Waals surface area contributed by atoms with Gasteiger partial charge in [-0.1, -0.05) is 12.8 Å². The molecule has 1 aliphatic heterocycles. The highest BCUT2D eigenvalue weighted by Crippen LogP contribution is 2.36. The van der Waals surface area contributed by atoms with Gasteiger partial charge in [-0.15, -0.1) is 0 Å². The molecular weight excluding hydrogens is 240 g/mol. The molecule has 1 saturated heterocycles. The van der Waals surface area contributed by atoms with Crippen LogP contribution in [0.2, 0.25) is 0 Å². The average molecular weight is 262 g/mol. The number of nitrogens with two attached hydrogens (primary N) is 1. The molecule has 0 radical (unpaired) electrons. The summed E-state index contributed by atoms with van der Waals surface area (Å²) < 4.78 is 1.56. The molecule has 2 fully saturated rings. The van der Waals surface area contributed by atoms with Crippen molar-refractivity contribution in [3.63, 3.8) is 0 Å². The van der Waals surface area contributed by atoms with E-state index in [0.717, 1.165) is 19.4 Å². The highest BCUT2D eigenvalue weighted by molar-refractivity contribution is 5.98. The Balaban J connectivity index is 1.80. The topological polar surface area (TPSA) is 64.2 Å². The monoisotopic (exact) mass is 262 g/mol. The smallest absolute Gasteiger partial charge is 0.259 e. The van der Waals surface area contributed by atoms with Gasteiger partial charge in [0, 0.05) is 19.6 Å². The van der Waals surface area contributed by atoms with Crippen molar-refractivity contribution in [2.45, 2.75) is 44.6 Å². The molecule has 5 nitrogen and oxygen atoms in total. The summed E-state index contributed by atoms with van der Waals surface area (Å²) in [7, 11) is 1.77. The van der Waals surface area contributed by atoms with Crippen LogP contribution in [0.4, 0.5) is 5.82 Å². The van der Waals surface area contributed by atoms with Crippen molar-refractivity contribution in [1.29, 1.82) is 0 Å². The molecule has 3 rings (SSSR count). The lowest BCUT2D eigenvalue weighted by molar-refractivity contribution is 0.0690. The number of hydrogen-bond acceptors (Lipinski definition) is 3. The molecule has 1 aromatic rings. The minimum absolute atomic E-state index is 0.0694. The van der Waals surface area contributed by atoms with Crippen molar-refractivity contribution in [2.75, 3.05) is 12.3 Å². The van der Waals surface area contributed by atoms with Gasteiger partial charge >= 0.3 is 0 Å². The van der Waals surface area contributed by atoms with E-state index in [4.69, 9.17) is 5.73 Å². The first-order valence-electron chi connectivity index (χ1n) is 7.27. The summed E-state index contributed by atoms with van der Waals surface area (Å²) in [5.74, 6) is 1.24. The van der Waals surface area contributed by atoms with Crippen molar-refractivity contribution in [3.05, 3.63) is 11.8 Å². The van der Waals surface area contributed by atoms with E-state index in [0.29, 0.717) is 23.3 Å². The zero-order valence-corrected chi connectivity index (χ0v) is 11.5. The molecule has 0 spiro atoms. The highest BCUT2D eigenvalue weighted by Gasteiger charge is 2.37. The van der Waals surface area contributed by atoms with Crippen molar-refractivity contribution in [2.24, 2.45) is 13.0 Å². The van der Waals surface area contributed by atoms with Gasteiger partial charge in [0.1, 0.15) is 11.4 Å². The number of hydrogen-bond donors (Lipinski definition) is 1. The molecular formula is C14H22N4O. The minimum atomic E-state index is 0.0694. The van der Waals surface area contributed by atoms with E-state index in [9.17, 15) is 4.79 Å². The van der Waals surface area contributed by atoms with Crippen LogP contribution in [0.3, 0.4) is 0 Å². The fraction of sp³-hybridized carbons (Fsp3) is 0.714. The molecule has 1 aromatic heterocycles. The number of carbonyl (C=O) groups excluding carboxylic acids is 1. The van der Waals surface area contributed by atoms with Crippen molar-refractivity contribution >= 4 is 11.7 Å². The van der Waals surface area contributed by atoms with Crippen LogP contribution in [0.25, 0.3) is 0 Å². The van der Waals surface area contributed by atoms with Crippen LogP contribution in [-0.2, 0) is 7.05 Å². The Labute approximate surface area is 113 Å². The van der Waals surface area contributed by atoms with Crippen LogP contribution < -0.4 is 5.73 Å². The maximum atomic E-state index is 12.6. The molecule has 5 heteroatoms. The van der Waals surface area contributed by atoms with Crippen LogP contribution >= 0.6 is 0 Å². The second-order valence-corrected chi connectivity index (χ2v) is 5.82. The molecule has 1 saturated carbocycles. The second kappa shape index (κ2) is 4.87. The lowest BCUT2D eigenvalue weighted by Crippen LogP contribution is -2.39. The molecule has 19 heavy (non-hydrogen) atoms. The molecule has 0 aromatic carbocycles. The number of rotatable bonds is 2. The van der Waals surface area contributed by atoms with E-state index in [1.54, 1.807) is 17.9 Å². The van der Waals surface area contributed by atoms with Gasteiger partial charge in [-0.3, -0.25) is 9.48 Å². The molecule has 1 amide bonds. The summed E-state index contributed by atoms with van der Waals surface area (Å²) in [6.07, 6.45) is 9.05. The Bertz CT molecular complexity index is 476. The van der Waals surface area contributed by atoms with E-state index in [1.165, 1.54) is 25.7 Å². The number of nitrogens with zero attached hydrogens (tertiary/aromatic N) is 3. The van der Waals surface area contributed by atoms with Crippen LogP contribution in [0, 0.1) is 5.92 Å². The second-order valence-electron chi connectivity index (χ2n) is 5.82. The van der Waals surface area contributed by atoms with Gasteiger partial charge in [-0.05, 0) is 31.6 Å². The van der Waals surface area contributed by atoms with E-state index < -0.39 is 0 Å². The summed E-state index contributed by atoms with van der Waals surface area (Å²) in [6, 6.07) is 0.426. The molecule has 1 unspecified atom stereocenters. The number of nitrogen functional groups attached to an aromatic ring is 1. The lowest BCUT2D eigenvalue weighted by Gasteiger charge is -2.29. The molecule has 0 bridgehead atoms. The molecule has 2 aliphatic rings. The van der Waals surface area contributed by atoms with E-state index in [2.05, 4.69) is 5.10 Å². The number of carbonyl (C=O) groups is 1. The largest absolute Gasteiger partial charge is 0.383 e. The van der Waals surface area contributed by atoms with Gasteiger partial charge in [0.15, 0.2) is 0 Å². The Morgan fingerprint density at radius 1 is 1.32 bits per heavy atom. The van der Waals surface area contributed by atoms with Gasteiger partial charge in [0.25, 0.3) is 5.91 Å². The Morgan fingerprint density at radius 2 is 2.05 bits per heavy atom. The predicted octanol–water partition coefficient (Wildman–Crippen LogP) is 1.80. The van der Waals surface area contributed by atoms with Crippen LogP contribution in [0.5, 0.6) is 0 Å². The lowest BCUT2D eigenvalue weighted by atomic mass is 9.96. The van der Waals surface area contributed by atoms with Crippen LogP contribution in [0.1, 0.15) is 48.9 Å². The third kappa shape index (κ3) is 2.11. The van der Waals surface area contributed by atoms with Crippen molar-refractivity contribution in [3.8, 4) is 0 Å². The maximum absolute atomic E-state index is 12.6. The Morgan fingerprint density at radius 3 is 2.68 bits per heavy atom. The summed E-state index contributed by atoms with van der Waals surface area (Å²) >= 11 is 0. The number of amides is 1. The van der Waals surface area contributed by atoms with Gasteiger partial charge in [-0.25, -0.2) is 0 Å². The van der Waals surface area contributed by atoms with Gasteiger partial charge < -0.3 is 10.6 Å². The Hall–Kier alpha value is -1.52. The summed E-state index contributed by atoms with van der Waals surface area (Å²) in [4.78, 5) is 14.7. The van der Waals surface area contributed by atoms with E-state index in [1.807, 2.05) is 4.90 Å². The zero-order valence-electron chi connectivity index (χ0n) is 11.5. The summed E-state index contributed by atoms with van der Waals surface area (Å²) in [5.41, 5.74) is 6.49. The first-order valence-corrected chi connectivity index (χ1v) is 7.27. The molecule has 2 N–H and O–H groups in total. The standard InChI is InChI=1S/C14H22N4O/c1-17-13(15)11(9-16-17)14(19)18-8-4-7-12(18)10-5-2-3-6-10/h9-10,12H,2-8,15H2,1H3. The van der Waals surface area contributed by atoms with Gasteiger partial charge in [0.2, 0.25) is 0 Å². The minimum Gasteiger partial charge on any atom is -0.383 e. The van der Waals surface area contributed by atoms with Crippen molar-refractivity contribution < 1.29 is 4.79 Å². The van der Waals surface area contributed by atoms with Crippen LogP contribution in [0.15, 0.2) is 6.20 Å². The first kappa shape index (κ1) is 12.5. The zero-order chi connectivity index (χ0) is 13.4. The predicted molar refractivity (Wildman–Crippen MR) is 73.6 cm³/mol. The molecule has 1 atom stereocenters. The first-order chi connectivity index (χ1) is 9.18.